The van der Waals surface area contributed by atoms with E-state index in [4.69, 9.17) is 4.74 Å². The molecule has 134 valence electrons. The number of benzene rings is 1. The molecule has 0 radical (unpaired) electrons. The predicted octanol–water partition coefficient (Wildman–Crippen LogP) is 1.91. The van der Waals surface area contributed by atoms with Crippen LogP contribution in [-0.4, -0.2) is 68.2 Å². The molecule has 0 bridgehead atoms. The van der Waals surface area contributed by atoms with Crippen LogP contribution in [0.3, 0.4) is 0 Å². The SMILES string of the molecule is COCCN1CCN(CCC(=O)N[C@H](C)c2ccccc2)C[C@@H]1C. The molecule has 1 fully saturated rings. The van der Waals surface area contributed by atoms with E-state index in [9.17, 15) is 4.79 Å². The lowest BCUT2D eigenvalue weighted by atomic mass is 10.1. The van der Waals surface area contributed by atoms with Crippen LogP contribution in [0.2, 0.25) is 0 Å². The number of amides is 1. The topological polar surface area (TPSA) is 44.8 Å². The van der Waals surface area contributed by atoms with Gasteiger partial charge in [0.15, 0.2) is 0 Å². The average Bonchev–Trinajstić information content (AvgIpc) is 2.60. The largest absolute Gasteiger partial charge is 0.383 e. The summed E-state index contributed by atoms with van der Waals surface area (Å²) in [6.45, 7) is 9.97. The number of hydrogen-bond donors (Lipinski definition) is 1. The Labute approximate surface area is 146 Å². The van der Waals surface area contributed by atoms with Crippen LogP contribution >= 0.6 is 0 Å². The number of piperazine rings is 1. The Kier molecular flexibility index (Phi) is 7.69. The van der Waals surface area contributed by atoms with Crippen LogP contribution in [0.25, 0.3) is 0 Å². The van der Waals surface area contributed by atoms with Crippen LogP contribution in [0, 0.1) is 0 Å². The van der Waals surface area contributed by atoms with Gasteiger partial charge < -0.3 is 15.0 Å². The summed E-state index contributed by atoms with van der Waals surface area (Å²) in [4.78, 5) is 17.0. The first-order valence-electron chi connectivity index (χ1n) is 8.89. The molecule has 1 heterocycles. The van der Waals surface area contributed by atoms with Crippen molar-refractivity contribution in [3.63, 3.8) is 0 Å². The fourth-order valence-electron chi connectivity index (χ4n) is 3.21. The number of rotatable bonds is 8. The van der Waals surface area contributed by atoms with E-state index in [1.807, 2.05) is 37.3 Å². The molecule has 0 unspecified atom stereocenters. The van der Waals surface area contributed by atoms with Crippen LogP contribution in [0.4, 0.5) is 0 Å². The number of methoxy groups -OCH3 is 1. The molecule has 1 aromatic carbocycles. The van der Waals surface area contributed by atoms with E-state index in [1.165, 1.54) is 0 Å². The van der Waals surface area contributed by atoms with Crippen molar-refractivity contribution in [2.45, 2.75) is 32.4 Å². The van der Waals surface area contributed by atoms with Gasteiger partial charge in [-0.05, 0) is 19.4 Å². The van der Waals surface area contributed by atoms with Gasteiger partial charge in [-0.15, -0.1) is 0 Å². The maximum atomic E-state index is 12.2. The second kappa shape index (κ2) is 9.77. The van der Waals surface area contributed by atoms with Crippen molar-refractivity contribution in [2.75, 3.05) is 46.4 Å². The second-order valence-corrected chi connectivity index (χ2v) is 6.63. The van der Waals surface area contributed by atoms with Gasteiger partial charge in [-0.2, -0.15) is 0 Å². The fourth-order valence-corrected chi connectivity index (χ4v) is 3.21. The minimum Gasteiger partial charge on any atom is -0.383 e. The first-order chi connectivity index (χ1) is 11.6. The molecule has 0 aliphatic carbocycles. The fraction of sp³-hybridized carbons (Fsp3) is 0.632. The van der Waals surface area contributed by atoms with Crippen molar-refractivity contribution < 1.29 is 9.53 Å². The third-order valence-corrected chi connectivity index (χ3v) is 4.76. The van der Waals surface area contributed by atoms with Gasteiger partial charge in [-0.1, -0.05) is 30.3 Å². The van der Waals surface area contributed by atoms with E-state index in [-0.39, 0.29) is 11.9 Å². The zero-order valence-electron chi connectivity index (χ0n) is 15.2. The lowest BCUT2D eigenvalue weighted by molar-refractivity contribution is -0.122. The molecule has 5 nitrogen and oxygen atoms in total. The molecule has 1 amide bonds. The number of nitrogens with zero attached hydrogens (tertiary/aromatic N) is 2. The molecular weight excluding hydrogens is 302 g/mol. The molecule has 0 saturated carbocycles. The van der Waals surface area contributed by atoms with Gasteiger partial charge in [0.2, 0.25) is 5.91 Å². The minimum absolute atomic E-state index is 0.0588. The molecule has 5 heteroatoms. The number of carbonyl (C=O) groups excluding carboxylic acids is 1. The Bertz CT molecular complexity index is 495. The summed E-state index contributed by atoms with van der Waals surface area (Å²) in [6.07, 6.45) is 0.558. The van der Waals surface area contributed by atoms with Crippen LogP contribution in [0.15, 0.2) is 30.3 Å². The number of nitrogens with one attached hydrogen (secondary N) is 1. The van der Waals surface area contributed by atoms with Crippen molar-refractivity contribution in [3.8, 4) is 0 Å². The first-order valence-corrected chi connectivity index (χ1v) is 8.89. The van der Waals surface area contributed by atoms with E-state index < -0.39 is 0 Å². The average molecular weight is 333 g/mol. The van der Waals surface area contributed by atoms with E-state index in [0.29, 0.717) is 12.5 Å². The molecule has 2 atom stereocenters. The van der Waals surface area contributed by atoms with Gasteiger partial charge in [-0.3, -0.25) is 9.69 Å². The lowest BCUT2D eigenvalue weighted by Crippen LogP contribution is -2.53. The molecule has 0 aromatic heterocycles. The molecule has 24 heavy (non-hydrogen) atoms. The highest BCUT2D eigenvalue weighted by Gasteiger charge is 2.23. The van der Waals surface area contributed by atoms with E-state index >= 15 is 0 Å². The Morgan fingerprint density at radius 3 is 2.71 bits per heavy atom. The molecule has 0 spiro atoms. The second-order valence-electron chi connectivity index (χ2n) is 6.63. The van der Waals surface area contributed by atoms with Gasteiger partial charge in [0.05, 0.1) is 12.6 Å². The summed E-state index contributed by atoms with van der Waals surface area (Å²) < 4.78 is 5.16. The van der Waals surface area contributed by atoms with Crippen LogP contribution in [0.1, 0.15) is 31.9 Å². The Morgan fingerprint density at radius 1 is 1.29 bits per heavy atom. The summed E-state index contributed by atoms with van der Waals surface area (Å²) in [5, 5.41) is 3.09. The third-order valence-electron chi connectivity index (χ3n) is 4.76. The molecule has 1 aliphatic rings. The van der Waals surface area contributed by atoms with Crippen molar-refractivity contribution in [3.05, 3.63) is 35.9 Å². The summed E-state index contributed by atoms with van der Waals surface area (Å²) in [6, 6.07) is 10.7. The van der Waals surface area contributed by atoms with Crippen LogP contribution in [0.5, 0.6) is 0 Å². The molecule has 1 aromatic rings. The quantitative estimate of drug-likeness (QED) is 0.789. The molecule has 1 saturated heterocycles. The van der Waals surface area contributed by atoms with Crippen molar-refractivity contribution in [1.82, 2.24) is 15.1 Å². The van der Waals surface area contributed by atoms with Crippen molar-refractivity contribution >= 4 is 5.91 Å². The van der Waals surface area contributed by atoms with Gasteiger partial charge in [0.1, 0.15) is 0 Å². The number of ether oxygens (including phenoxy) is 1. The summed E-state index contributed by atoms with van der Waals surface area (Å²) in [5.41, 5.74) is 1.14. The van der Waals surface area contributed by atoms with Gasteiger partial charge in [-0.25, -0.2) is 0 Å². The monoisotopic (exact) mass is 333 g/mol. The third kappa shape index (κ3) is 5.89. The summed E-state index contributed by atoms with van der Waals surface area (Å²) in [7, 11) is 1.75. The van der Waals surface area contributed by atoms with Gasteiger partial charge >= 0.3 is 0 Å². The lowest BCUT2D eigenvalue weighted by Gasteiger charge is -2.39. The van der Waals surface area contributed by atoms with Gasteiger partial charge in [0, 0.05) is 52.3 Å². The van der Waals surface area contributed by atoms with E-state index in [2.05, 4.69) is 22.0 Å². The van der Waals surface area contributed by atoms with E-state index in [1.54, 1.807) is 7.11 Å². The Hall–Kier alpha value is -1.43. The Balaban J connectivity index is 1.69. The standard InChI is InChI=1S/C19H31N3O2/c1-16-15-21(11-12-22(16)13-14-24-3)10-9-19(23)20-17(2)18-7-5-4-6-8-18/h4-8,16-17H,9-15H2,1-3H3,(H,20,23)/t16-,17+/m0/s1. The molecule has 2 rings (SSSR count). The number of hydrogen-bond acceptors (Lipinski definition) is 4. The highest BCUT2D eigenvalue weighted by molar-refractivity contribution is 5.76. The first kappa shape index (κ1) is 18.9. The Morgan fingerprint density at radius 2 is 2.04 bits per heavy atom. The van der Waals surface area contributed by atoms with Gasteiger partial charge in [0.25, 0.3) is 0 Å². The van der Waals surface area contributed by atoms with Crippen molar-refractivity contribution in [1.29, 1.82) is 0 Å². The van der Waals surface area contributed by atoms with Crippen LogP contribution < -0.4 is 5.32 Å². The number of carbonyl (C=O) groups is 1. The molecular formula is C19H31N3O2. The zero-order chi connectivity index (χ0) is 17.4. The maximum absolute atomic E-state index is 12.2. The zero-order valence-corrected chi connectivity index (χ0v) is 15.2. The smallest absolute Gasteiger partial charge is 0.221 e. The summed E-state index contributed by atoms with van der Waals surface area (Å²) >= 11 is 0. The predicted molar refractivity (Wildman–Crippen MR) is 97.0 cm³/mol. The highest BCUT2D eigenvalue weighted by Crippen LogP contribution is 2.12. The maximum Gasteiger partial charge on any atom is 0.221 e. The molecule has 1 N–H and O–H groups in total. The minimum atomic E-state index is 0.0588. The van der Waals surface area contributed by atoms with Crippen molar-refractivity contribution in [2.24, 2.45) is 0 Å². The highest BCUT2D eigenvalue weighted by atomic mass is 16.5. The van der Waals surface area contributed by atoms with E-state index in [0.717, 1.165) is 44.9 Å². The molecule has 1 aliphatic heterocycles. The summed E-state index contributed by atoms with van der Waals surface area (Å²) in [5.74, 6) is 0.126. The van der Waals surface area contributed by atoms with Crippen LogP contribution in [-0.2, 0) is 9.53 Å². The normalized spacial score (nSPS) is 20.7.